The number of aromatic nitrogens is 1. The van der Waals surface area contributed by atoms with Crippen LogP contribution < -0.4 is 10.2 Å². The van der Waals surface area contributed by atoms with Crippen LogP contribution in [-0.4, -0.2) is 35.4 Å². The van der Waals surface area contributed by atoms with E-state index in [4.69, 9.17) is 4.98 Å². The van der Waals surface area contributed by atoms with Gasteiger partial charge >= 0.3 is 0 Å². The van der Waals surface area contributed by atoms with Gasteiger partial charge in [-0.05, 0) is 60.7 Å². The lowest BCUT2D eigenvalue weighted by Gasteiger charge is -2.24. The van der Waals surface area contributed by atoms with Gasteiger partial charge in [-0.25, -0.2) is 4.98 Å². The molecule has 5 nitrogen and oxygen atoms in total. The number of benzene rings is 3. The van der Waals surface area contributed by atoms with E-state index in [-0.39, 0.29) is 5.91 Å². The number of nitrogens with one attached hydrogen (secondary N) is 1. The molecule has 1 heterocycles. The summed E-state index contributed by atoms with van der Waals surface area (Å²) in [6, 6.07) is 29.9. The van der Waals surface area contributed by atoms with Crippen LogP contribution in [0.1, 0.15) is 22.3 Å². The largest absolute Gasteiger partial charge is 0.352 e. The minimum Gasteiger partial charge on any atom is -0.352 e. The van der Waals surface area contributed by atoms with Crippen LogP contribution in [0.15, 0.2) is 100 Å². The molecule has 4 aromatic rings. The van der Waals surface area contributed by atoms with Gasteiger partial charge in [0.05, 0.1) is 5.52 Å². The first-order chi connectivity index (χ1) is 17.1. The van der Waals surface area contributed by atoms with E-state index in [1.54, 1.807) is 12.1 Å². The number of halogens is 1. The highest BCUT2D eigenvalue weighted by molar-refractivity contribution is 9.10. The number of carbonyl (C=O) groups excluding carboxylic acids is 1. The van der Waals surface area contributed by atoms with Crippen molar-refractivity contribution in [2.45, 2.75) is 13.0 Å². The van der Waals surface area contributed by atoms with Crippen molar-refractivity contribution in [3.05, 3.63) is 107 Å². The van der Waals surface area contributed by atoms with Crippen molar-refractivity contribution in [1.29, 1.82) is 0 Å². The average Bonchev–Trinajstić information content (AvgIpc) is 2.91. The van der Waals surface area contributed by atoms with Gasteiger partial charge in [0.25, 0.3) is 5.91 Å². The first-order valence-corrected chi connectivity index (χ1v) is 13.4. The number of para-hydroxylation sites is 1. The molecule has 0 unspecified atom stereocenters. The summed E-state index contributed by atoms with van der Waals surface area (Å²) in [4.78, 5) is 24.3. The molecule has 0 aliphatic rings. The topological polar surface area (TPSA) is 57.6 Å². The molecule has 0 atom stereocenters. The number of rotatable bonds is 8. The lowest BCUT2D eigenvalue weighted by molar-refractivity contribution is 0.0978. The second-order valence-corrected chi connectivity index (χ2v) is 9.69. The number of nitrogens with zero attached hydrogens (tertiary/aromatic N) is 3. The van der Waals surface area contributed by atoms with E-state index in [2.05, 4.69) is 73.6 Å². The summed E-state index contributed by atoms with van der Waals surface area (Å²) in [7, 11) is 0. The predicted octanol–water partition coefficient (Wildman–Crippen LogP) is 6.54. The van der Waals surface area contributed by atoms with Crippen LogP contribution in [-0.2, 0) is 6.54 Å². The van der Waals surface area contributed by atoms with Crippen molar-refractivity contribution in [1.82, 2.24) is 10.3 Å². The molecule has 7 heteroatoms. The highest BCUT2D eigenvalue weighted by Gasteiger charge is 2.11. The summed E-state index contributed by atoms with van der Waals surface area (Å²) >= 11 is 4.96. The summed E-state index contributed by atoms with van der Waals surface area (Å²) in [5, 5.41) is 4.67. The summed E-state index contributed by atoms with van der Waals surface area (Å²) < 4.78 is 1.06. The van der Waals surface area contributed by atoms with Crippen molar-refractivity contribution in [2.75, 3.05) is 24.2 Å². The number of hydrogen-bond acceptors (Lipinski definition) is 5. The average molecular weight is 548 g/mol. The lowest BCUT2D eigenvalue weighted by Crippen LogP contribution is -2.29. The summed E-state index contributed by atoms with van der Waals surface area (Å²) in [6.07, 6.45) is 2.75. The van der Waals surface area contributed by atoms with Crippen LogP contribution >= 0.6 is 27.7 Å². The third-order valence-corrected chi connectivity index (χ3v) is 6.63. The lowest BCUT2D eigenvalue weighted by atomic mass is 10.2. The van der Waals surface area contributed by atoms with Crippen LogP contribution in [0.2, 0.25) is 0 Å². The van der Waals surface area contributed by atoms with Crippen LogP contribution in [0.25, 0.3) is 10.9 Å². The number of anilines is 1. The molecule has 0 bridgehead atoms. The van der Waals surface area contributed by atoms with E-state index in [1.807, 2.05) is 42.7 Å². The summed E-state index contributed by atoms with van der Waals surface area (Å²) in [5.41, 5.74) is 2.82. The Bertz CT molecular complexity index is 1300. The van der Waals surface area contributed by atoms with Crippen molar-refractivity contribution in [3.8, 4) is 0 Å². The highest BCUT2D eigenvalue weighted by Crippen LogP contribution is 2.21. The quantitative estimate of drug-likeness (QED) is 0.155. The Balaban J connectivity index is 1.44. The molecule has 0 saturated heterocycles. The first-order valence-electron chi connectivity index (χ1n) is 11.4. The van der Waals surface area contributed by atoms with Crippen LogP contribution in [0.5, 0.6) is 0 Å². The number of hydrogen-bond donors (Lipinski definition) is 1. The fraction of sp³-hybridized carbons (Fsp3) is 0.179. The standard InChI is InChI=1S/C28H27BrN4OS/c1-35-28(32-27(34)23-9-3-2-4-10-23)30-18-7-19-33(20-21-12-15-24(29)16-13-21)26-17-14-22-8-5-6-11-25(22)31-26/h2-6,8-17H,7,18-20H2,1H3,(H,30,32,34). The van der Waals surface area contributed by atoms with Gasteiger partial charge in [-0.2, -0.15) is 0 Å². The molecule has 35 heavy (non-hydrogen) atoms. The number of thioether (sulfide) groups is 1. The molecule has 1 N–H and O–H groups in total. The molecule has 0 aliphatic heterocycles. The van der Waals surface area contributed by atoms with E-state index >= 15 is 0 Å². The Morgan fingerprint density at radius 1 is 0.971 bits per heavy atom. The van der Waals surface area contributed by atoms with E-state index < -0.39 is 0 Å². The number of fused-ring (bicyclic) bond motifs is 1. The molecule has 1 aromatic heterocycles. The Morgan fingerprint density at radius 3 is 2.49 bits per heavy atom. The number of amides is 1. The summed E-state index contributed by atoms with van der Waals surface area (Å²) in [6.45, 7) is 2.15. The normalized spacial score (nSPS) is 11.4. The number of amidine groups is 1. The zero-order valence-electron chi connectivity index (χ0n) is 19.5. The van der Waals surface area contributed by atoms with Crippen molar-refractivity contribution < 1.29 is 4.79 Å². The van der Waals surface area contributed by atoms with Crippen molar-refractivity contribution in [2.24, 2.45) is 4.99 Å². The molecule has 4 rings (SSSR count). The van der Waals surface area contributed by atoms with E-state index in [0.717, 1.165) is 40.7 Å². The number of aliphatic imine (C=N–C) groups is 1. The Labute approximate surface area is 218 Å². The molecular formula is C28H27BrN4OS. The minimum absolute atomic E-state index is 0.143. The zero-order valence-corrected chi connectivity index (χ0v) is 21.9. The van der Waals surface area contributed by atoms with Gasteiger partial charge in [-0.3, -0.25) is 9.79 Å². The minimum atomic E-state index is -0.143. The molecule has 3 aromatic carbocycles. The molecule has 178 valence electrons. The van der Waals surface area contributed by atoms with E-state index in [1.165, 1.54) is 17.3 Å². The molecule has 0 spiro atoms. The van der Waals surface area contributed by atoms with Crippen LogP contribution in [0, 0.1) is 0 Å². The second-order valence-electron chi connectivity index (χ2n) is 7.97. The zero-order chi connectivity index (χ0) is 24.5. The molecule has 1 amide bonds. The predicted molar refractivity (Wildman–Crippen MR) is 151 cm³/mol. The fourth-order valence-corrected chi connectivity index (χ4v) is 4.35. The SMILES string of the molecule is CS/C(=N\CCCN(Cc1ccc(Br)cc1)c1ccc2ccccc2n1)NC(=O)c1ccccc1. The maximum atomic E-state index is 12.4. The number of pyridine rings is 1. The highest BCUT2D eigenvalue weighted by atomic mass is 79.9. The van der Waals surface area contributed by atoms with Gasteiger partial charge in [-0.1, -0.05) is 76.2 Å². The third kappa shape index (κ3) is 7.16. The van der Waals surface area contributed by atoms with Gasteiger partial charge in [0.15, 0.2) is 5.17 Å². The van der Waals surface area contributed by atoms with Gasteiger partial charge in [-0.15, -0.1) is 0 Å². The smallest absolute Gasteiger partial charge is 0.257 e. The fourth-order valence-electron chi connectivity index (χ4n) is 3.67. The molecule has 0 fully saturated rings. The van der Waals surface area contributed by atoms with Gasteiger partial charge in [0, 0.05) is 35.1 Å². The molecule has 0 saturated carbocycles. The maximum absolute atomic E-state index is 12.4. The van der Waals surface area contributed by atoms with Gasteiger partial charge < -0.3 is 10.2 Å². The maximum Gasteiger partial charge on any atom is 0.257 e. The van der Waals surface area contributed by atoms with E-state index in [9.17, 15) is 4.79 Å². The monoisotopic (exact) mass is 546 g/mol. The Kier molecular flexibility index (Phi) is 8.92. The van der Waals surface area contributed by atoms with Crippen molar-refractivity contribution >= 4 is 55.5 Å². The molecule has 0 aliphatic carbocycles. The first kappa shape index (κ1) is 24.9. The van der Waals surface area contributed by atoms with Crippen LogP contribution in [0.4, 0.5) is 5.82 Å². The Morgan fingerprint density at radius 2 is 1.71 bits per heavy atom. The third-order valence-electron chi connectivity index (χ3n) is 5.49. The molecular weight excluding hydrogens is 520 g/mol. The second kappa shape index (κ2) is 12.5. The van der Waals surface area contributed by atoms with Gasteiger partial charge in [0.2, 0.25) is 0 Å². The van der Waals surface area contributed by atoms with Crippen LogP contribution in [0.3, 0.4) is 0 Å². The van der Waals surface area contributed by atoms with Crippen molar-refractivity contribution in [3.63, 3.8) is 0 Å². The molecule has 0 radical (unpaired) electrons. The summed E-state index contributed by atoms with van der Waals surface area (Å²) in [5.74, 6) is 0.800. The number of carbonyl (C=O) groups is 1. The van der Waals surface area contributed by atoms with Gasteiger partial charge in [0.1, 0.15) is 5.82 Å². The Hall–Kier alpha value is -3.16. The van der Waals surface area contributed by atoms with E-state index in [0.29, 0.717) is 17.3 Å².